The van der Waals surface area contributed by atoms with Crippen molar-refractivity contribution in [2.75, 3.05) is 11.8 Å². The molecular formula is C13H12Cl2N2O5S2. The van der Waals surface area contributed by atoms with E-state index < -0.39 is 20.0 Å². The molecule has 0 atom stereocenters. The van der Waals surface area contributed by atoms with Crippen molar-refractivity contribution in [3.8, 4) is 5.75 Å². The summed E-state index contributed by atoms with van der Waals surface area (Å²) in [6.07, 6.45) is 0. The fourth-order valence-electron chi connectivity index (χ4n) is 1.86. The number of halogens is 2. The van der Waals surface area contributed by atoms with Crippen LogP contribution in [0.5, 0.6) is 5.75 Å². The zero-order valence-corrected chi connectivity index (χ0v) is 15.3. The number of benzene rings is 2. The molecule has 2 rings (SSSR count). The van der Waals surface area contributed by atoms with Crippen LogP contribution in [0.1, 0.15) is 0 Å². The van der Waals surface area contributed by atoms with Crippen LogP contribution in [0.3, 0.4) is 0 Å². The topological polar surface area (TPSA) is 116 Å². The van der Waals surface area contributed by atoms with Crippen LogP contribution >= 0.6 is 23.2 Å². The van der Waals surface area contributed by atoms with Crippen LogP contribution in [0.15, 0.2) is 46.2 Å². The van der Waals surface area contributed by atoms with Gasteiger partial charge in [-0.2, -0.15) is 0 Å². The van der Waals surface area contributed by atoms with Crippen LogP contribution in [-0.2, 0) is 20.0 Å². The summed E-state index contributed by atoms with van der Waals surface area (Å²) in [6.45, 7) is 0. The molecule has 0 aliphatic rings. The van der Waals surface area contributed by atoms with Gasteiger partial charge in [0, 0.05) is 0 Å². The monoisotopic (exact) mass is 410 g/mol. The number of ether oxygens (including phenoxy) is 1. The highest BCUT2D eigenvalue weighted by Gasteiger charge is 2.22. The largest absolute Gasteiger partial charge is 0.495 e. The molecule has 0 unspecified atom stereocenters. The van der Waals surface area contributed by atoms with Crippen molar-refractivity contribution in [1.82, 2.24) is 0 Å². The molecule has 0 aliphatic carbocycles. The van der Waals surface area contributed by atoms with Gasteiger partial charge in [-0.1, -0.05) is 29.3 Å². The number of primary sulfonamides is 1. The summed E-state index contributed by atoms with van der Waals surface area (Å²) in [5.41, 5.74) is -0.0316. The maximum atomic E-state index is 12.4. The van der Waals surface area contributed by atoms with E-state index in [1.807, 2.05) is 0 Å². The quantitative estimate of drug-likeness (QED) is 0.784. The average molecular weight is 411 g/mol. The summed E-state index contributed by atoms with van der Waals surface area (Å²) in [7, 11) is -6.94. The molecule has 0 radical (unpaired) electrons. The smallest absolute Gasteiger partial charge is 0.263 e. The minimum absolute atomic E-state index is 0.0127. The third-order valence-corrected chi connectivity index (χ3v) is 6.21. The summed E-state index contributed by atoms with van der Waals surface area (Å²) in [4.78, 5) is -0.605. The SMILES string of the molecule is COc1ccc(NS(=O)(=O)c2cccc(Cl)c2Cl)cc1S(N)(=O)=O. The summed E-state index contributed by atoms with van der Waals surface area (Å²) >= 11 is 11.7. The van der Waals surface area contributed by atoms with Gasteiger partial charge in [0.1, 0.15) is 15.5 Å². The standard InChI is InChI=1S/C13H12Cl2N2O5S2/c1-22-10-6-5-8(7-12(10)23(16,18)19)17-24(20,21)11-4-2-3-9(14)13(11)15/h2-7,17H,1H3,(H2,16,18,19). The highest BCUT2D eigenvalue weighted by atomic mass is 35.5. The fraction of sp³-hybridized carbons (Fsp3) is 0.0769. The predicted molar refractivity (Wildman–Crippen MR) is 91.6 cm³/mol. The Morgan fingerprint density at radius 2 is 1.71 bits per heavy atom. The van der Waals surface area contributed by atoms with Crippen LogP contribution in [0.4, 0.5) is 5.69 Å². The number of nitrogens with two attached hydrogens (primary N) is 1. The van der Waals surface area contributed by atoms with Gasteiger partial charge in [0.05, 0.1) is 22.8 Å². The number of anilines is 1. The van der Waals surface area contributed by atoms with E-state index >= 15 is 0 Å². The minimum atomic E-state index is -4.11. The second-order valence-electron chi connectivity index (χ2n) is 4.57. The molecule has 2 aromatic carbocycles. The first-order valence-corrected chi connectivity index (χ1v) is 10.0. The molecule has 11 heteroatoms. The number of hydrogen-bond acceptors (Lipinski definition) is 5. The van der Waals surface area contributed by atoms with E-state index in [1.165, 1.54) is 37.4 Å². The summed E-state index contributed by atoms with van der Waals surface area (Å²) in [5.74, 6) is -0.0127. The third kappa shape index (κ3) is 3.93. The molecule has 24 heavy (non-hydrogen) atoms. The third-order valence-electron chi connectivity index (χ3n) is 2.93. The highest BCUT2D eigenvalue weighted by molar-refractivity contribution is 7.93. The molecule has 0 aromatic heterocycles. The van der Waals surface area contributed by atoms with Gasteiger partial charge in [0.15, 0.2) is 0 Å². The van der Waals surface area contributed by atoms with Crippen LogP contribution in [-0.4, -0.2) is 23.9 Å². The maximum absolute atomic E-state index is 12.4. The zero-order chi connectivity index (χ0) is 18.1. The predicted octanol–water partition coefficient (Wildman–Crippen LogP) is 2.45. The highest BCUT2D eigenvalue weighted by Crippen LogP contribution is 2.31. The summed E-state index contributed by atoms with van der Waals surface area (Å²) < 4.78 is 55.1. The molecule has 0 saturated carbocycles. The van der Waals surface area contributed by atoms with Crippen molar-refractivity contribution in [1.29, 1.82) is 0 Å². The Labute approximate surface area is 149 Å². The van der Waals surface area contributed by atoms with Crippen LogP contribution in [0.2, 0.25) is 10.0 Å². The van der Waals surface area contributed by atoms with Crippen molar-refractivity contribution in [3.05, 3.63) is 46.4 Å². The normalized spacial score (nSPS) is 12.0. The van der Waals surface area contributed by atoms with Crippen LogP contribution < -0.4 is 14.6 Å². The Hall–Kier alpha value is -1.52. The number of rotatable bonds is 5. The molecule has 0 saturated heterocycles. The number of methoxy groups -OCH3 is 1. The van der Waals surface area contributed by atoms with Gasteiger partial charge < -0.3 is 4.74 Å². The molecule has 0 aliphatic heterocycles. The molecule has 2 aromatic rings. The fourth-order valence-corrected chi connectivity index (χ4v) is 4.40. The van der Waals surface area contributed by atoms with Crippen LogP contribution in [0.25, 0.3) is 0 Å². The lowest BCUT2D eigenvalue weighted by atomic mass is 10.3. The van der Waals surface area contributed by atoms with E-state index in [2.05, 4.69) is 4.72 Å². The van der Waals surface area contributed by atoms with E-state index in [-0.39, 0.29) is 31.3 Å². The molecular weight excluding hydrogens is 399 g/mol. The zero-order valence-electron chi connectivity index (χ0n) is 12.2. The van der Waals surface area contributed by atoms with Crippen molar-refractivity contribution in [2.45, 2.75) is 9.79 Å². The average Bonchev–Trinajstić information content (AvgIpc) is 2.48. The molecule has 0 spiro atoms. The van der Waals surface area contributed by atoms with Gasteiger partial charge in [0.25, 0.3) is 10.0 Å². The molecule has 0 amide bonds. The van der Waals surface area contributed by atoms with Gasteiger partial charge in [-0.25, -0.2) is 22.0 Å². The van der Waals surface area contributed by atoms with Crippen molar-refractivity contribution in [3.63, 3.8) is 0 Å². The van der Waals surface area contributed by atoms with Crippen LogP contribution in [0, 0.1) is 0 Å². The molecule has 0 bridgehead atoms. The van der Waals surface area contributed by atoms with Gasteiger partial charge in [0.2, 0.25) is 10.0 Å². The lowest BCUT2D eigenvalue weighted by Crippen LogP contribution is -2.16. The van der Waals surface area contributed by atoms with E-state index in [9.17, 15) is 16.8 Å². The molecule has 130 valence electrons. The Kier molecular flexibility index (Phi) is 5.31. The van der Waals surface area contributed by atoms with Crippen molar-refractivity contribution in [2.24, 2.45) is 5.14 Å². The van der Waals surface area contributed by atoms with Gasteiger partial charge in [-0.15, -0.1) is 0 Å². The first kappa shape index (κ1) is 18.8. The Bertz CT molecular complexity index is 991. The molecule has 0 fully saturated rings. The first-order valence-electron chi connectivity index (χ1n) is 6.24. The molecule has 0 heterocycles. The van der Waals surface area contributed by atoms with E-state index in [0.29, 0.717) is 0 Å². The Morgan fingerprint density at radius 1 is 1.04 bits per heavy atom. The second-order valence-corrected chi connectivity index (χ2v) is 8.53. The first-order chi connectivity index (χ1) is 11.1. The van der Waals surface area contributed by atoms with Crippen molar-refractivity contribution >= 4 is 48.9 Å². The van der Waals surface area contributed by atoms with E-state index in [4.69, 9.17) is 33.1 Å². The molecule has 7 nitrogen and oxygen atoms in total. The number of nitrogens with one attached hydrogen (secondary N) is 1. The maximum Gasteiger partial charge on any atom is 0.263 e. The lowest BCUT2D eigenvalue weighted by Gasteiger charge is -2.12. The number of hydrogen-bond donors (Lipinski definition) is 2. The molecule has 3 N–H and O–H groups in total. The minimum Gasteiger partial charge on any atom is -0.495 e. The second kappa shape index (κ2) is 6.77. The lowest BCUT2D eigenvalue weighted by molar-refractivity contribution is 0.403. The Morgan fingerprint density at radius 3 is 2.29 bits per heavy atom. The van der Waals surface area contributed by atoms with Crippen molar-refractivity contribution < 1.29 is 21.6 Å². The Balaban J connectivity index is 2.49. The van der Waals surface area contributed by atoms with E-state index in [0.717, 1.165) is 6.07 Å². The van der Waals surface area contributed by atoms with Gasteiger partial charge in [-0.05, 0) is 30.3 Å². The van der Waals surface area contributed by atoms with Gasteiger partial charge in [-0.3, -0.25) is 4.72 Å². The summed E-state index contributed by atoms with van der Waals surface area (Å²) in [6, 6.07) is 7.77. The number of sulfonamides is 2. The van der Waals surface area contributed by atoms with E-state index in [1.54, 1.807) is 0 Å². The summed E-state index contributed by atoms with van der Waals surface area (Å²) in [5, 5.41) is 5.02. The van der Waals surface area contributed by atoms with Gasteiger partial charge >= 0.3 is 0 Å².